The highest BCUT2D eigenvalue weighted by Crippen LogP contribution is 2.25. The number of nitrogens with one attached hydrogen (secondary N) is 1. The van der Waals surface area contributed by atoms with Crippen LogP contribution in [0.25, 0.3) is 5.69 Å². The van der Waals surface area contributed by atoms with Gasteiger partial charge in [0.1, 0.15) is 0 Å². The monoisotopic (exact) mass is 296 g/mol. The van der Waals surface area contributed by atoms with Crippen molar-refractivity contribution in [2.75, 3.05) is 0 Å². The Kier molecular flexibility index (Phi) is 4.26. The summed E-state index contributed by atoms with van der Waals surface area (Å²) in [5.41, 5.74) is 0.314. The van der Waals surface area contributed by atoms with E-state index < -0.39 is 4.92 Å². The molecule has 20 heavy (non-hydrogen) atoms. The molecule has 1 N–H and O–H groups in total. The number of hydrogen-bond donors (Lipinski definition) is 1. The van der Waals surface area contributed by atoms with E-state index >= 15 is 0 Å². The molecule has 1 aromatic carbocycles. The van der Waals surface area contributed by atoms with Gasteiger partial charge in [-0.1, -0.05) is 25.4 Å². The number of non-ortho nitro benzene ring substituents is 1. The van der Waals surface area contributed by atoms with Gasteiger partial charge in [-0.25, -0.2) is 0 Å². The Morgan fingerprint density at radius 3 is 2.90 bits per heavy atom. The van der Waals surface area contributed by atoms with Gasteiger partial charge >= 0.3 is 0 Å². The highest BCUT2D eigenvalue weighted by molar-refractivity contribution is 6.32. The summed E-state index contributed by atoms with van der Waals surface area (Å²) in [4.78, 5) is 10.3. The van der Waals surface area contributed by atoms with Gasteiger partial charge in [-0.15, -0.1) is 5.10 Å². The molecule has 8 nitrogen and oxygen atoms in total. The fraction of sp³-hybridized carbons (Fsp3) is 0.364. The second-order valence-electron chi connectivity index (χ2n) is 4.44. The van der Waals surface area contributed by atoms with Crippen molar-refractivity contribution in [2.24, 2.45) is 0 Å². The molecule has 0 aliphatic heterocycles. The summed E-state index contributed by atoms with van der Waals surface area (Å²) >= 11 is 6.07. The number of nitro benzene ring substituents is 1. The molecule has 0 atom stereocenters. The molecule has 106 valence electrons. The van der Waals surface area contributed by atoms with E-state index in [2.05, 4.69) is 20.8 Å². The Balaban J connectivity index is 2.38. The summed E-state index contributed by atoms with van der Waals surface area (Å²) in [5, 5.41) is 25.7. The summed E-state index contributed by atoms with van der Waals surface area (Å²) in [5.74, 6) is 0.529. The van der Waals surface area contributed by atoms with Crippen molar-refractivity contribution in [2.45, 2.75) is 26.4 Å². The van der Waals surface area contributed by atoms with Crippen LogP contribution < -0.4 is 5.32 Å². The van der Waals surface area contributed by atoms with Crippen LogP contribution >= 0.6 is 11.6 Å². The highest BCUT2D eigenvalue weighted by Gasteiger charge is 2.15. The minimum Gasteiger partial charge on any atom is -0.308 e. The summed E-state index contributed by atoms with van der Waals surface area (Å²) in [6.45, 7) is 4.42. The Hall–Kier alpha value is -2.06. The third-order valence-electron chi connectivity index (χ3n) is 2.57. The number of tetrazole rings is 1. The smallest absolute Gasteiger partial charge is 0.271 e. The van der Waals surface area contributed by atoms with Gasteiger partial charge in [0, 0.05) is 18.2 Å². The van der Waals surface area contributed by atoms with Crippen LogP contribution in [0.4, 0.5) is 5.69 Å². The first-order valence-corrected chi connectivity index (χ1v) is 6.32. The number of hydrogen-bond acceptors (Lipinski definition) is 6. The van der Waals surface area contributed by atoms with E-state index in [4.69, 9.17) is 11.6 Å². The molecule has 1 aromatic heterocycles. The molecule has 0 bridgehead atoms. The lowest BCUT2D eigenvalue weighted by Gasteiger charge is -2.09. The van der Waals surface area contributed by atoms with E-state index in [1.54, 1.807) is 0 Å². The van der Waals surface area contributed by atoms with Crippen molar-refractivity contribution in [3.05, 3.63) is 39.2 Å². The van der Waals surface area contributed by atoms with E-state index in [-0.39, 0.29) is 11.7 Å². The number of nitrogens with zero attached hydrogens (tertiary/aromatic N) is 5. The van der Waals surface area contributed by atoms with Crippen molar-refractivity contribution < 1.29 is 4.92 Å². The molecule has 0 saturated carbocycles. The first-order chi connectivity index (χ1) is 9.49. The zero-order valence-electron chi connectivity index (χ0n) is 10.9. The predicted molar refractivity (Wildman–Crippen MR) is 72.8 cm³/mol. The van der Waals surface area contributed by atoms with Crippen LogP contribution in [0.2, 0.25) is 5.02 Å². The number of halogens is 1. The Morgan fingerprint density at radius 2 is 2.25 bits per heavy atom. The summed E-state index contributed by atoms with van der Waals surface area (Å²) in [7, 11) is 0. The molecule has 1 heterocycles. The summed E-state index contributed by atoms with van der Waals surface area (Å²) < 4.78 is 1.39. The third kappa shape index (κ3) is 3.09. The van der Waals surface area contributed by atoms with E-state index in [1.165, 1.54) is 22.9 Å². The number of aromatic nitrogens is 4. The molecule has 0 spiro atoms. The molecule has 9 heteroatoms. The lowest BCUT2D eigenvalue weighted by molar-refractivity contribution is -0.384. The average Bonchev–Trinajstić information content (AvgIpc) is 2.84. The largest absolute Gasteiger partial charge is 0.308 e. The fourth-order valence-corrected chi connectivity index (χ4v) is 1.77. The minimum absolute atomic E-state index is 0.0670. The quantitative estimate of drug-likeness (QED) is 0.666. The average molecular weight is 297 g/mol. The van der Waals surface area contributed by atoms with Crippen LogP contribution in [0.15, 0.2) is 18.2 Å². The third-order valence-corrected chi connectivity index (χ3v) is 2.89. The van der Waals surface area contributed by atoms with E-state index in [1.807, 2.05) is 13.8 Å². The van der Waals surface area contributed by atoms with Crippen LogP contribution in [0.3, 0.4) is 0 Å². The van der Waals surface area contributed by atoms with E-state index in [9.17, 15) is 10.1 Å². The molecule has 0 radical (unpaired) electrons. The van der Waals surface area contributed by atoms with Crippen LogP contribution in [-0.2, 0) is 6.54 Å². The first-order valence-electron chi connectivity index (χ1n) is 5.94. The normalized spacial score (nSPS) is 11.0. The van der Waals surface area contributed by atoms with E-state index in [0.717, 1.165) is 0 Å². The number of nitro groups is 1. The van der Waals surface area contributed by atoms with Crippen molar-refractivity contribution in [3.8, 4) is 5.69 Å². The van der Waals surface area contributed by atoms with Gasteiger partial charge in [-0.3, -0.25) is 10.1 Å². The molecule has 0 fully saturated rings. The minimum atomic E-state index is -0.490. The van der Waals surface area contributed by atoms with Gasteiger partial charge in [0.25, 0.3) is 5.69 Å². The maximum absolute atomic E-state index is 10.8. The molecule has 0 saturated heterocycles. The number of benzene rings is 1. The summed E-state index contributed by atoms with van der Waals surface area (Å²) in [6.07, 6.45) is 0. The Morgan fingerprint density at radius 1 is 1.50 bits per heavy atom. The predicted octanol–water partition coefficient (Wildman–Crippen LogP) is 1.72. The highest BCUT2D eigenvalue weighted by atomic mass is 35.5. The van der Waals surface area contributed by atoms with E-state index in [0.29, 0.717) is 23.1 Å². The molecule has 2 rings (SSSR count). The van der Waals surface area contributed by atoms with Gasteiger partial charge in [0.05, 0.1) is 22.2 Å². The Labute approximate surface area is 119 Å². The molecule has 0 aliphatic carbocycles. The van der Waals surface area contributed by atoms with Crippen molar-refractivity contribution >= 4 is 17.3 Å². The SMILES string of the molecule is CC(C)NCc1nnnn1-c1cc([N+](=O)[O-])ccc1Cl. The molecule has 0 unspecified atom stereocenters. The van der Waals surface area contributed by atoms with Crippen LogP contribution in [0, 0.1) is 10.1 Å². The molecule has 0 aliphatic rings. The summed E-state index contributed by atoms with van der Waals surface area (Å²) in [6, 6.07) is 4.40. The van der Waals surface area contributed by atoms with Gasteiger partial charge < -0.3 is 5.32 Å². The lowest BCUT2D eigenvalue weighted by Crippen LogP contribution is -2.24. The van der Waals surface area contributed by atoms with Crippen molar-refractivity contribution in [1.29, 1.82) is 0 Å². The fourth-order valence-electron chi connectivity index (χ4n) is 1.58. The van der Waals surface area contributed by atoms with Crippen molar-refractivity contribution in [1.82, 2.24) is 25.5 Å². The van der Waals surface area contributed by atoms with Gasteiger partial charge in [0.15, 0.2) is 5.82 Å². The standard InChI is InChI=1S/C11H13ClN6O2/c1-7(2)13-6-11-14-15-16-17(11)10-5-8(18(19)20)3-4-9(10)12/h3-5,7,13H,6H2,1-2H3. The van der Waals surface area contributed by atoms with Crippen LogP contribution in [0.5, 0.6) is 0 Å². The molecular formula is C11H13ClN6O2. The lowest BCUT2D eigenvalue weighted by atomic mass is 10.3. The maximum Gasteiger partial charge on any atom is 0.271 e. The second kappa shape index (κ2) is 5.93. The van der Waals surface area contributed by atoms with Crippen molar-refractivity contribution in [3.63, 3.8) is 0 Å². The zero-order chi connectivity index (χ0) is 14.7. The van der Waals surface area contributed by atoms with Crippen LogP contribution in [-0.4, -0.2) is 31.2 Å². The second-order valence-corrected chi connectivity index (χ2v) is 4.84. The first kappa shape index (κ1) is 14.4. The van der Waals surface area contributed by atoms with Crippen LogP contribution in [0.1, 0.15) is 19.7 Å². The zero-order valence-corrected chi connectivity index (χ0v) is 11.7. The Bertz CT molecular complexity index is 627. The molecule has 2 aromatic rings. The van der Waals surface area contributed by atoms with Gasteiger partial charge in [0.2, 0.25) is 0 Å². The van der Waals surface area contributed by atoms with Gasteiger partial charge in [-0.2, -0.15) is 4.68 Å². The molecular weight excluding hydrogens is 284 g/mol. The maximum atomic E-state index is 10.8. The number of rotatable bonds is 5. The molecule has 0 amide bonds. The van der Waals surface area contributed by atoms with Gasteiger partial charge in [-0.05, 0) is 16.5 Å². The topological polar surface area (TPSA) is 98.8 Å².